The van der Waals surface area contributed by atoms with Gasteiger partial charge < -0.3 is 14.6 Å². The molecule has 1 atom stereocenters. The number of aliphatic hydroxyl groups is 1. The van der Waals surface area contributed by atoms with E-state index in [0.29, 0.717) is 45.9 Å². The van der Waals surface area contributed by atoms with Crippen LogP contribution in [-0.2, 0) is 15.3 Å². The number of ketones is 1. The topological polar surface area (TPSA) is 102 Å². The summed E-state index contributed by atoms with van der Waals surface area (Å²) in [5.74, 6) is 0.0744. The van der Waals surface area contributed by atoms with Gasteiger partial charge in [-0.05, 0) is 60.9 Å². The molecule has 1 fully saturated rings. The number of amides is 1. The molecule has 5 rings (SSSR count). The molecule has 1 unspecified atom stereocenters. The molecule has 0 aliphatic carbocycles. The second kappa shape index (κ2) is 13.0. The zero-order chi connectivity index (χ0) is 28.8. The lowest BCUT2D eigenvalue weighted by Gasteiger charge is -2.23. The molecule has 1 saturated heterocycles. The Kier molecular flexibility index (Phi) is 9.01. The van der Waals surface area contributed by atoms with Gasteiger partial charge in [-0.25, -0.2) is 0 Å². The van der Waals surface area contributed by atoms with Crippen molar-refractivity contribution in [3.05, 3.63) is 101 Å². The van der Waals surface area contributed by atoms with Gasteiger partial charge >= 0.3 is 5.91 Å². The summed E-state index contributed by atoms with van der Waals surface area (Å²) in [4.78, 5) is 28.4. The first-order valence-electron chi connectivity index (χ1n) is 13.3. The van der Waals surface area contributed by atoms with E-state index in [9.17, 15) is 14.7 Å². The Morgan fingerprint density at radius 1 is 0.951 bits per heavy atom. The van der Waals surface area contributed by atoms with Gasteiger partial charge in [-0.3, -0.25) is 14.5 Å². The number of Topliss-reactive ketones (excluding diaryl/α,β-unsaturated/α-hetero) is 1. The lowest BCUT2D eigenvalue weighted by molar-refractivity contribution is -0.132. The largest absolute Gasteiger partial charge is 0.507 e. The van der Waals surface area contributed by atoms with Crippen molar-refractivity contribution in [3.8, 4) is 11.5 Å². The number of hydrogen-bond donors (Lipinski definition) is 1. The zero-order valence-electron chi connectivity index (χ0n) is 22.6. The third-order valence-electron chi connectivity index (χ3n) is 6.34. The van der Waals surface area contributed by atoms with Crippen LogP contribution >= 0.6 is 23.1 Å². The fourth-order valence-corrected chi connectivity index (χ4v) is 6.27. The molecule has 0 saturated carbocycles. The average Bonchev–Trinajstić information content (AvgIpc) is 3.57. The maximum absolute atomic E-state index is 13.5. The molecular weight excluding hydrogens is 558 g/mol. The normalized spacial score (nSPS) is 16.2. The third kappa shape index (κ3) is 6.28. The van der Waals surface area contributed by atoms with Gasteiger partial charge in [-0.15, -0.1) is 10.2 Å². The molecule has 0 spiro atoms. The number of anilines is 1. The van der Waals surface area contributed by atoms with Gasteiger partial charge in [-0.1, -0.05) is 72.5 Å². The van der Waals surface area contributed by atoms with Crippen molar-refractivity contribution in [1.29, 1.82) is 0 Å². The van der Waals surface area contributed by atoms with Crippen molar-refractivity contribution in [2.75, 3.05) is 18.1 Å². The van der Waals surface area contributed by atoms with E-state index in [1.54, 1.807) is 42.5 Å². The van der Waals surface area contributed by atoms with Gasteiger partial charge in [0.05, 0.1) is 24.8 Å². The van der Waals surface area contributed by atoms with Crippen molar-refractivity contribution in [2.24, 2.45) is 0 Å². The predicted octanol–water partition coefficient (Wildman–Crippen LogP) is 6.64. The number of ether oxygens (including phenoxy) is 2. The van der Waals surface area contributed by atoms with Crippen LogP contribution in [0.1, 0.15) is 43.0 Å². The van der Waals surface area contributed by atoms with Gasteiger partial charge in [0.25, 0.3) is 5.78 Å². The van der Waals surface area contributed by atoms with Gasteiger partial charge in [0.15, 0.2) is 4.34 Å². The Bertz CT molecular complexity index is 1550. The van der Waals surface area contributed by atoms with Crippen LogP contribution in [0.25, 0.3) is 5.76 Å². The van der Waals surface area contributed by atoms with Crippen molar-refractivity contribution in [3.63, 3.8) is 0 Å². The first-order valence-corrected chi connectivity index (χ1v) is 15.1. The Morgan fingerprint density at radius 2 is 1.73 bits per heavy atom. The van der Waals surface area contributed by atoms with E-state index in [1.807, 2.05) is 50.2 Å². The lowest BCUT2D eigenvalue weighted by Crippen LogP contribution is -2.29. The van der Waals surface area contributed by atoms with E-state index in [1.165, 1.54) is 28.0 Å². The fraction of sp³-hybridized carbons (Fsp3) is 0.226. The number of carbonyl (C=O) groups is 2. The molecule has 10 heteroatoms. The fourth-order valence-electron chi connectivity index (χ4n) is 4.45. The zero-order valence-corrected chi connectivity index (χ0v) is 24.3. The highest BCUT2D eigenvalue weighted by Crippen LogP contribution is 2.44. The van der Waals surface area contributed by atoms with Crippen LogP contribution in [0.4, 0.5) is 5.13 Å². The second-order valence-electron chi connectivity index (χ2n) is 9.17. The van der Waals surface area contributed by atoms with Crippen LogP contribution in [0.15, 0.2) is 88.8 Å². The number of carbonyl (C=O) groups excluding carboxylic acids is 2. The van der Waals surface area contributed by atoms with E-state index in [2.05, 4.69) is 10.2 Å². The van der Waals surface area contributed by atoms with Crippen molar-refractivity contribution < 1.29 is 24.2 Å². The quantitative estimate of drug-likeness (QED) is 0.0685. The summed E-state index contributed by atoms with van der Waals surface area (Å²) < 4.78 is 12.0. The van der Waals surface area contributed by atoms with Crippen LogP contribution in [0.2, 0.25) is 0 Å². The van der Waals surface area contributed by atoms with Gasteiger partial charge in [0.1, 0.15) is 17.3 Å². The number of benzene rings is 3. The first kappa shape index (κ1) is 28.4. The molecule has 1 N–H and O–H groups in total. The maximum atomic E-state index is 13.5. The van der Waals surface area contributed by atoms with E-state index in [0.717, 1.165) is 12.0 Å². The average molecular weight is 588 g/mol. The highest BCUT2D eigenvalue weighted by Gasteiger charge is 2.48. The van der Waals surface area contributed by atoms with E-state index < -0.39 is 17.7 Å². The molecule has 0 bridgehead atoms. The summed E-state index contributed by atoms with van der Waals surface area (Å²) in [6, 6.07) is 23.0. The Labute approximate surface area is 246 Å². The Hall–Kier alpha value is -4.15. The number of rotatable bonds is 11. The number of aliphatic hydroxyl groups excluding tert-OH is 1. The monoisotopic (exact) mass is 587 g/mol. The summed E-state index contributed by atoms with van der Waals surface area (Å²) >= 11 is 2.73. The minimum absolute atomic E-state index is 0.0273. The smallest absolute Gasteiger partial charge is 0.301 e. The minimum Gasteiger partial charge on any atom is -0.507 e. The third-order valence-corrected chi connectivity index (χ3v) is 8.46. The lowest BCUT2D eigenvalue weighted by atomic mass is 9.95. The van der Waals surface area contributed by atoms with Crippen LogP contribution < -0.4 is 14.4 Å². The summed E-state index contributed by atoms with van der Waals surface area (Å²) in [7, 11) is 0. The highest BCUT2D eigenvalue weighted by molar-refractivity contribution is 8.00. The first-order chi connectivity index (χ1) is 20.0. The van der Waals surface area contributed by atoms with E-state index in [4.69, 9.17) is 9.47 Å². The SMILES string of the molecule is CCCOc1cccc(C2C(=C(O)c3ccc(OCC)cc3)C(=O)C(=O)N2c2nnc(SCc3ccccc3)s2)c1. The molecule has 41 heavy (non-hydrogen) atoms. The van der Waals surface area contributed by atoms with Crippen molar-refractivity contribution in [1.82, 2.24) is 10.2 Å². The summed E-state index contributed by atoms with van der Waals surface area (Å²) in [6.07, 6.45) is 0.828. The molecule has 1 amide bonds. The Morgan fingerprint density at radius 3 is 2.46 bits per heavy atom. The molecule has 2 heterocycles. The molecule has 210 valence electrons. The van der Waals surface area contributed by atoms with Gasteiger partial charge in [0, 0.05) is 11.3 Å². The van der Waals surface area contributed by atoms with Crippen molar-refractivity contribution >= 4 is 45.7 Å². The molecule has 1 aliphatic rings. The van der Waals surface area contributed by atoms with E-state index >= 15 is 0 Å². The van der Waals surface area contributed by atoms with Crippen LogP contribution in [0, 0.1) is 0 Å². The van der Waals surface area contributed by atoms with E-state index in [-0.39, 0.29) is 16.5 Å². The summed E-state index contributed by atoms with van der Waals surface area (Å²) in [5, 5.41) is 20.3. The Balaban J connectivity index is 1.54. The molecule has 3 aromatic carbocycles. The molecular formula is C31H29N3O5S2. The predicted molar refractivity (Wildman–Crippen MR) is 161 cm³/mol. The molecule has 0 radical (unpaired) electrons. The van der Waals surface area contributed by atoms with Crippen LogP contribution in [0.5, 0.6) is 11.5 Å². The minimum atomic E-state index is -0.924. The molecule has 1 aliphatic heterocycles. The highest BCUT2D eigenvalue weighted by atomic mass is 32.2. The van der Waals surface area contributed by atoms with Crippen molar-refractivity contribution in [2.45, 2.75) is 36.4 Å². The van der Waals surface area contributed by atoms with Gasteiger partial charge in [-0.2, -0.15) is 0 Å². The number of hydrogen-bond acceptors (Lipinski definition) is 9. The summed E-state index contributed by atoms with van der Waals surface area (Å²) in [5.41, 5.74) is 2.11. The molecule has 4 aromatic rings. The standard InChI is InChI=1S/C31H29N3O5S2/c1-3-17-39-24-12-8-11-22(18-24)26-25(27(35)21-13-15-23(16-14-21)38-4-2)28(36)29(37)34(26)30-32-33-31(41-30)40-19-20-9-6-5-7-10-20/h5-16,18,26,35H,3-4,17,19H2,1-2H3. The number of aromatic nitrogens is 2. The number of thioether (sulfide) groups is 1. The van der Waals surface area contributed by atoms with Crippen LogP contribution in [0.3, 0.4) is 0 Å². The maximum Gasteiger partial charge on any atom is 0.301 e. The summed E-state index contributed by atoms with van der Waals surface area (Å²) in [6.45, 7) is 4.92. The second-order valence-corrected chi connectivity index (χ2v) is 11.4. The molecule has 1 aromatic heterocycles. The van der Waals surface area contributed by atoms with Gasteiger partial charge in [0.2, 0.25) is 5.13 Å². The van der Waals surface area contributed by atoms with Crippen LogP contribution in [-0.4, -0.2) is 40.2 Å². The molecule has 8 nitrogen and oxygen atoms in total. The number of nitrogens with zero attached hydrogens (tertiary/aromatic N) is 3.